The topological polar surface area (TPSA) is 220 Å². The van der Waals surface area contributed by atoms with Gasteiger partial charge >= 0.3 is 6.03 Å². The molecule has 0 bridgehead atoms. The van der Waals surface area contributed by atoms with E-state index in [1.54, 1.807) is 29.2 Å². The molecule has 2 saturated heterocycles. The summed E-state index contributed by atoms with van der Waals surface area (Å²) < 4.78 is 5.98. The summed E-state index contributed by atoms with van der Waals surface area (Å²) in [5.41, 5.74) is 5.28. The first-order valence-corrected chi connectivity index (χ1v) is 15.5. The number of carbonyl (C=O) groups excluding carboxylic acids is 4. The predicted molar refractivity (Wildman–Crippen MR) is 179 cm³/mol. The first-order valence-electron chi connectivity index (χ1n) is 15.5. The Morgan fingerprint density at radius 1 is 1.02 bits per heavy atom. The number of ether oxygens (including phenoxy) is 1. The number of rotatable bonds is 11. The first kappa shape index (κ1) is 36.9. The van der Waals surface area contributed by atoms with Gasteiger partial charge in [0.1, 0.15) is 12.4 Å². The molecule has 5 rings (SSSR count). The molecular formula is C34H41N7O8. The summed E-state index contributed by atoms with van der Waals surface area (Å²) in [6.45, 7) is 2.96. The molecule has 0 atom stereocenters. The van der Waals surface area contributed by atoms with Crippen LogP contribution >= 0.6 is 0 Å². The van der Waals surface area contributed by atoms with Gasteiger partial charge in [-0.25, -0.2) is 4.79 Å². The van der Waals surface area contributed by atoms with Crippen LogP contribution in [-0.2, 0) is 16.2 Å². The van der Waals surface area contributed by atoms with E-state index < -0.39 is 54.7 Å². The highest BCUT2D eigenvalue weighted by molar-refractivity contribution is 6.22. The summed E-state index contributed by atoms with van der Waals surface area (Å²) in [5.74, 6) is 1.13. The number of aromatic nitrogens is 1. The maximum absolute atomic E-state index is 13.1. The summed E-state index contributed by atoms with van der Waals surface area (Å²) in [4.78, 5) is 59.3. The molecule has 0 spiro atoms. The molecule has 0 radical (unpaired) electrons. The number of fused-ring (bicyclic) bond motifs is 1. The third-order valence-corrected chi connectivity index (χ3v) is 8.32. The number of urea groups is 1. The Bertz CT molecular complexity index is 1670. The van der Waals surface area contributed by atoms with Crippen LogP contribution in [-0.4, -0.2) is 124 Å². The maximum Gasteiger partial charge on any atom is 0.328 e. The molecule has 0 saturated carbocycles. The summed E-state index contributed by atoms with van der Waals surface area (Å²) in [6.07, 6.45) is 5.41. The van der Waals surface area contributed by atoms with Gasteiger partial charge < -0.3 is 31.1 Å². The van der Waals surface area contributed by atoms with Crippen molar-refractivity contribution in [3.05, 3.63) is 71.4 Å². The lowest BCUT2D eigenvalue weighted by Crippen LogP contribution is -2.77. The van der Waals surface area contributed by atoms with E-state index in [2.05, 4.69) is 26.9 Å². The van der Waals surface area contributed by atoms with Gasteiger partial charge in [-0.3, -0.25) is 39.8 Å². The number of barbiturate groups is 1. The molecule has 8 N–H and O–H groups in total. The number of benzene rings is 2. The number of terminal acetylenes is 1. The summed E-state index contributed by atoms with van der Waals surface area (Å²) in [6, 6.07) is 15.5. The Morgan fingerprint density at radius 3 is 2.20 bits per heavy atom. The number of aliphatic hydroxyl groups excluding tert-OH is 3. The molecule has 0 unspecified atom stereocenters. The number of nitrogens with one attached hydrogen (secondary N) is 3. The van der Waals surface area contributed by atoms with Crippen molar-refractivity contribution in [2.24, 2.45) is 5.73 Å². The second-order valence-corrected chi connectivity index (χ2v) is 11.8. The largest absolute Gasteiger partial charge is 0.489 e. The molecule has 15 nitrogen and oxygen atoms in total. The third kappa shape index (κ3) is 8.75. The average molecular weight is 676 g/mol. The van der Waals surface area contributed by atoms with Crippen LogP contribution in [0.5, 0.6) is 5.75 Å². The van der Waals surface area contributed by atoms with Crippen LogP contribution in [0.4, 0.5) is 4.79 Å². The standard InChI is InChI=1S/C30H30N6O5.C4H11NO3/c1-3-12-35-13-15-36(16-14-35)30(27(38)33-29(40)34-28(30)39)19-31-26(37)21-8-10-23(11-9-21)41-18-22-17-20(2)32-25-7-5-4-6-24(22)25;5-4(1-6,2-7)3-8/h1,4-11,17H,12-16,18-19H2,2H3,(H,31,37)(H2,33,34,38,39,40);6-8H,1-3,5H2. The minimum Gasteiger partial charge on any atom is -0.489 e. The van der Waals surface area contributed by atoms with Gasteiger partial charge in [0.15, 0.2) is 5.54 Å². The number of hydrogen-bond donors (Lipinski definition) is 7. The fourth-order valence-corrected chi connectivity index (χ4v) is 5.36. The Morgan fingerprint density at radius 2 is 1.63 bits per heavy atom. The number of aryl methyl sites for hydroxylation is 1. The molecular weight excluding hydrogens is 634 g/mol. The molecule has 260 valence electrons. The van der Waals surface area contributed by atoms with Crippen LogP contribution in [0.3, 0.4) is 0 Å². The van der Waals surface area contributed by atoms with E-state index in [0.717, 1.165) is 22.2 Å². The second kappa shape index (κ2) is 16.4. The van der Waals surface area contributed by atoms with Gasteiger partial charge in [-0.1, -0.05) is 24.1 Å². The van der Waals surface area contributed by atoms with Crippen LogP contribution in [0.1, 0.15) is 21.6 Å². The Labute approximate surface area is 283 Å². The van der Waals surface area contributed by atoms with Crippen molar-refractivity contribution in [1.82, 2.24) is 30.7 Å². The van der Waals surface area contributed by atoms with Crippen LogP contribution in [0.2, 0.25) is 0 Å². The van der Waals surface area contributed by atoms with E-state index in [-0.39, 0.29) is 6.54 Å². The first-order chi connectivity index (χ1) is 23.5. The van der Waals surface area contributed by atoms with Gasteiger partial charge in [-0.2, -0.15) is 0 Å². The van der Waals surface area contributed by atoms with E-state index in [0.29, 0.717) is 50.6 Å². The lowest BCUT2D eigenvalue weighted by Gasteiger charge is -2.46. The van der Waals surface area contributed by atoms with Crippen LogP contribution in [0, 0.1) is 19.3 Å². The zero-order valence-electron chi connectivity index (χ0n) is 27.1. The molecule has 1 aromatic heterocycles. The molecule has 3 aromatic rings. The molecule has 49 heavy (non-hydrogen) atoms. The molecule has 5 amide bonds. The highest BCUT2D eigenvalue weighted by atomic mass is 16.5. The Kier molecular flexibility index (Phi) is 12.4. The van der Waals surface area contributed by atoms with Crippen molar-refractivity contribution in [2.45, 2.75) is 24.6 Å². The molecule has 2 fully saturated rings. The molecule has 3 heterocycles. The molecule has 2 aliphatic rings. The lowest BCUT2D eigenvalue weighted by molar-refractivity contribution is -0.148. The normalized spacial score (nSPS) is 16.5. The third-order valence-electron chi connectivity index (χ3n) is 8.32. The smallest absolute Gasteiger partial charge is 0.328 e. The van der Waals surface area contributed by atoms with Gasteiger partial charge in [0.25, 0.3) is 17.7 Å². The van der Waals surface area contributed by atoms with Crippen molar-refractivity contribution in [3.8, 4) is 18.1 Å². The van der Waals surface area contributed by atoms with Crippen LogP contribution in [0.15, 0.2) is 54.6 Å². The Balaban J connectivity index is 0.000000603. The van der Waals surface area contributed by atoms with Crippen molar-refractivity contribution in [1.29, 1.82) is 0 Å². The number of para-hydroxylation sites is 1. The number of amides is 5. The van der Waals surface area contributed by atoms with Gasteiger partial charge in [0.05, 0.1) is 44.0 Å². The van der Waals surface area contributed by atoms with Crippen molar-refractivity contribution >= 4 is 34.7 Å². The van der Waals surface area contributed by atoms with Crippen LogP contribution in [0.25, 0.3) is 10.9 Å². The zero-order valence-corrected chi connectivity index (χ0v) is 27.1. The monoisotopic (exact) mass is 675 g/mol. The van der Waals surface area contributed by atoms with E-state index in [9.17, 15) is 19.2 Å². The average Bonchev–Trinajstić information content (AvgIpc) is 3.11. The number of piperazine rings is 1. The zero-order chi connectivity index (χ0) is 35.6. The number of imide groups is 2. The number of aliphatic hydroxyl groups is 3. The second-order valence-electron chi connectivity index (χ2n) is 11.8. The van der Waals surface area contributed by atoms with Crippen molar-refractivity contribution in [2.75, 3.05) is 59.1 Å². The SMILES string of the molecule is C#CCN1CCN(C2(CNC(=O)c3ccc(OCc4cc(C)nc5ccccc45)cc3)C(=O)NC(=O)NC2=O)CC1.NC(CO)(CO)CO. The molecule has 2 aliphatic heterocycles. The predicted octanol–water partition coefficient (Wildman–Crippen LogP) is -1.13. The number of nitrogens with two attached hydrogens (primary N) is 1. The summed E-state index contributed by atoms with van der Waals surface area (Å²) >= 11 is 0. The molecule has 0 aliphatic carbocycles. The highest BCUT2D eigenvalue weighted by Crippen LogP contribution is 2.23. The van der Waals surface area contributed by atoms with E-state index in [1.165, 1.54) is 0 Å². The van der Waals surface area contributed by atoms with Gasteiger partial charge in [-0.15, -0.1) is 6.42 Å². The number of pyridine rings is 1. The number of nitrogens with zero attached hydrogens (tertiary/aromatic N) is 3. The fourth-order valence-electron chi connectivity index (χ4n) is 5.36. The number of carbonyl (C=O) groups is 4. The van der Waals surface area contributed by atoms with E-state index >= 15 is 0 Å². The van der Waals surface area contributed by atoms with Gasteiger partial charge in [0, 0.05) is 48.4 Å². The van der Waals surface area contributed by atoms with Gasteiger partial charge in [0.2, 0.25) is 0 Å². The highest BCUT2D eigenvalue weighted by Gasteiger charge is 2.55. The quantitative estimate of drug-likeness (QED) is 0.0949. The van der Waals surface area contributed by atoms with Gasteiger partial charge in [-0.05, 0) is 43.3 Å². The summed E-state index contributed by atoms with van der Waals surface area (Å²) in [5, 5.41) is 33.1. The Hall–Kier alpha value is -4.95. The van der Waals surface area contributed by atoms with Crippen molar-refractivity contribution < 1.29 is 39.2 Å². The van der Waals surface area contributed by atoms with E-state index in [1.807, 2.05) is 42.2 Å². The lowest BCUT2D eigenvalue weighted by atomic mass is 9.91. The van der Waals surface area contributed by atoms with Crippen LogP contribution < -0.4 is 26.4 Å². The maximum atomic E-state index is 13.1. The number of hydrogen-bond acceptors (Lipinski definition) is 12. The molecule has 2 aromatic carbocycles. The van der Waals surface area contributed by atoms with E-state index in [4.69, 9.17) is 32.2 Å². The fraction of sp³-hybridized carbons (Fsp3) is 0.382. The minimum atomic E-state index is -1.78. The minimum absolute atomic E-state index is 0.321. The van der Waals surface area contributed by atoms with Crippen molar-refractivity contribution in [3.63, 3.8) is 0 Å². The summed E-state index contributed by atoms with van der Waals surface area (Å²) in [7, 11) is 0. The molecule has 15 heteroatoms.